The molecule has 0 aliphatic carbocycles. The molecule has 3 rings (SSSR count). The fraction of sp³-hybridized carbons (Fsp3) is 0.462. The van der Waals surface area contributed by atoms with Crippen molar-refractivity contribution in [3.63, 3.8) is 0 Å². The van der Waals surface area contributed by atoms with Crippen molar-refractivity contribution in [2.75, 3.05) is 18.0 Å². The van der Waals surface area contributed by atoms with Gasteiger partial charge in [0.25, 0.3) is 0 Å². The summed E-state index contributed by atoms with van der Waals surface area (Å²) in [7, 11) is 2.03. The van der Waals surface area contributed by atoms with E-state index in [9.17, 15) is 5.11 Å². The van der Waals surface area contributed by atoms with Crippen molar-refractivity contribution < 1.29 is 5.11 Å². The molecule has 2 heterocycles. The maximum Gasteiger partial charge on any atom is 0.206 e. The summed E-state index contributed by atoms with van der Waals surface area (Å²) in [6.07, 6.45) is 1.72. The third-order valence-electron chi connectivity index (χ3n) is 3.44. The maximum absolute atomic E-state index is 9.73. The van der Waals surface area contributed by atoms with Gasteiger partial charge in [-0.15, -0.1) is 0 Å². The van der Waals surface area contributed by atoms with Gasteiger partial charge in [0, 0.05) is 20.1 Å². The zero-order valence-electron chi connectivity index (χ0n) is 10.0. The van der Waals surface area contributed by atoms with Crippen molar-refractivity contribution >= 4 is 17.0 Å². The fourth-order valence-electron chi connectivity index (χ4n) is 2.55. The number of benzene rings is 1. The van der Waals surface area contributed by atoms with Crippen LogP contribution < -0.4 is 4.90 Å². The molecule has 1 fully saturated rings. The number of piperidine rings is 1. The minimum atomic E-state index is -0.219. The number of aliphatic hydroxyl groups excluding tert-OH is 1. The Morgan fingerprint density at radius 3 is 2.94 bits per heavy atom. The third-order valence-corrected chi connectivity index (χ3v) is 3.44. The summed E-state index contributed by atoms with van der Waals surface area (Å²) in [6.45, 7) is 1.67. The molecule has 0 amide bonds. The van der Waals surface area contributed by atoms with Gasteiger partial charge in [-0.1, -0.05) is 12.1 Å². The Hall–Kier alpha value is -1.55. The lowest BCUT2D eigenvalue weighted by molar-refractivity contribution is 0.153. The van der Waals surface area contributed by atoms with Crippen molar-refractivity contribution in [2.45, 2.75) is 18.9 Å². The van der Waals surface area contributed by atoms with Crippen LogP contribution in [0.15, 0.2) is 24.3 Å². The molecule has 1 atom stereocenters. The normalized spacial score (nSPS) is 21.1. The van der Waals surface area contributed by atoms with Gasteiger partial charge in [0.1, 0.15) is 0 Å². The van der Waals surface area contributed by atoms with Crippen LogP contribution in [0.2, 0.25) is 0 Å². The largest absolute Gasteiger partial charge is 0.391 e. The highest BCUT2D eigenvalue weighted by Gasteiger charge is 2.21. The molecular formula is C13H17N3O. The number of nitrogens with zero attached hydrogens (tertiary/aromatic N) is 3. The van der Waals surface area contributed by atoms with Crippen LogP contribution in [-0.4, -0.2) is 33.9 Å². The highest BCUT2D eigenvalue weighted by molar-refractivity contribution is 5.78. The Bertz CT molecular complexity index is 534. The molecule has 1 aromatic carbocycles. The molecule has 0 spiro atoms. The molecule has 0 radical (unpaired) electrons. The summed E-state index contributed by atoms with van der Waals surface area (Å²) in [5.74, 6) is 0.963. The number of para-hydroxylation sites is 2. The van der Waals surface area contributed by atoms with E-state index in [4.69, 9.17) is 0 Å². The van der Waals surface area contributed by atoms with Crippen molar-refractivity contribution in [2.24, 2.45) is 7.05 Å². The van der Waals surface area contributed by atoms with Gasteiger partial charge in [-0.3, -0.25) is 0 Å². The number of rotatable bonds is 1. The first-order valence-corrected chi connectivity index (χ1v) is 6.10. The zero-order valence-corrected chi connectivity index (χ0v) is 10.0. The SMILES string of the molecule is Cn1c(N2CCC[C@H](O)C2)nc2ccccc21. The van der Waals surface area contributed by atoms with E-state index in [1.54, 1.807) is 0 Å². The van der Waals surface area contributed by atoms with Crippen LogP contribution in [0.3, 0.4) is 0 Å². The number of fused-ring (bicyclic) bond motifs is 1. The molecule has 2 aromatic rings. The molecule has 4 heteroatoms. The number of anilines is 1. The molecule has 1 aliphatic heterocycles. The van der Waals surface area contributed by atoms with Crippen LogP contribution in [0.4, 0.5) is 5.95 Å². The molecule has 4 nitrogen and oxygen atoms in total. The highest BCUT2D eigenvalue weighted by atomic mass is 16.3. The lowest BCUT2D eigenvalue weighted by Gasteiger charge is -2.30. The van der Waals surface area contributed by atoms with Crippen molar-refractivity contribution in [1.82, 2.24) is 9.55 Å². The van der Waals surface area contributed by atoms with E-state index in [0.717, 1.165) is 36.4 Å². The molecule has 1 N–H and O–H groups in total. The Balaban J connectivity index is 2.02. The van der Waals surface area contributed by atoms with Crippen LogP contribution in [0.5, 0.6) is 0 Å². The average Bonchev–Trinajstić information content (AvgIpc) is 2.68. The number of aryl methyl sites for hydroxylation is 1. The quantitative estimate of drug-likeness (QED) is 0.809. The van der Waals surface area contributed by atoms with E-state index in [1.807, 2.05) is 25.2 Å². The van der Waals surface area contributed by atoms with Gasteiger partial charge in [0.15, 0.2) is 0 Å². The van der Waals surface area contributed by atoms with Crippen LogP contribution in [0.25, 0.3) is 11.0 Å². The van der Waals surface area contributed by atoms with Crippen LogP contribution in [-0.2, 0) is 7.05 Å². The van der Waals surface area contributed by atoms with E-state index >= 15 is 0 Å². The van der Waals surface area contributed by atoms with Crippen molar-refractivity contribution in [1.29, 1.82) is 0 Å². The van der Waals surface area contributed by atoms with Crippen LogP contribution in [0, 0.1) is 0 Å². The Kier molecular flexibility index (Phi) is 2.52. The molecule has 1 aliphatic rings. The second kappa shape index (κ2) is 4.04. The van der Waals surface area contributed by atoms with Gasteiger partial charge in [-0.2, -0.15) is 0 Å². The van der Waals surface area contributed by atoms with Gasteiger partial charge in [-0.05, 0) is 25.0 Å². The summed E-state index contributed by atoms with van der Waals surface area (Å²) in [5, 5.41) is 9.73. The summed E-state index contributed by atoms with van der Waals surface area (Å²) < 4.78 is 2.10. The second-order valence-corrected chi connectivity index (χ2v) is 4.70. The van der Waals surface area contributed by atoms with Gasteiger partial charge in [-0.25, -0.2) is 4.98 Å². The van der Waals surface area contributed by atoms with Gasteiger partial charge >= 0.3 is 0 Å². The standard InChI is InChI=1S/C13H17N3O/c1-15-12-7-3-2-6-11(12)14-13(15)16-8-4-5-10(17)9-16/h2-3,6-7,10,17H,4-5,8-9H2,1H3/t10-/m0/s1. The van der Waals surface area contributed by atoms with E-state index in [2.05, 4.69) is 20.5 Å². The molecule has 0 unspecified atom stereocenters. The Labute approximate surface area is 100 Å². The first-order valence-electron chi connectivity index (χ1n) is 6.10. The molecular weight excluding hydrogens is 214 g/mol. The minimum absolute atomic E-state index is 0.219. The lowest BCUT2D eigenvalue weighted by Crippen LogP contribution is -2.39. The number of β-amino-alcohol motifs (C(OH)–C–C–N with tert-alkyl or cyclic N) is 1. The molecule has 90 valence electrons. The van der Waals surface area contributed by atoms with E-state index < -0.39 is 0 Å². The molecule has 1 aromatic heterocycles. The predicted molar refractivity (Wildman–Crippen MR) is 68.2 cm³/mol. The van der Waals surface area contributed by atoms with E-state index in [-0.39, 0.29) is 6.10 Å². The van der Waals surface area contributed by atoms with E-state index in [1.165, 1.54) is 0 Å². The first-order chi connectivity index (χ1) is 8.25. The molecule has 1 saturated heterocycles. The van der Waals surface area contributed by atoms with Gasteiger partial charge in [0.05, 0.1) is 17.1 Å². The summed E-state index contributed by atoms with van der Waals surface area (Å²) >= 11 is 0. The number of aromatic nitrogens is 2. The maximum atomic E-state index is 9.73. The lowest BCUT2D eigenvalue weighted by atomic mass is 10.1. The number of hydrogen-bond acceptors (Lipinski definition) is 3. The van der Waals surface area contributed by atoms with Crippen LogP contribution in [0.1, 0.15) is 12.8 Å². The van der Waals surface area contributed by atoms with Gasteiger partial charge < -0.3 is 14.6 Å². The summed E-state index contributed by atoms with van der Waals surface area (Å²) in [6, 6.07) is 8.13. The number of hydrogen-bond donors (Lipinski definition) is 1. The minimum Gasteiger partial charge on any atom is -0.391 e. The molecule has 0 saturated carbocycles. The third kappa shape index (κ3) is 1.78. The molecule has 0 bridgehead atoms. The fourth-order valence-corrected chi connectivity index (χ4v) is 2.55. The second-order valence-electron chi connectivity index (χ2n) is 4.70. The monoisotopic (exact) mass is 231 g/mol. The Morgan fingerprint density at radius 1 is 1.35 bits per heavy atom. The van der Waals surface area contributed by atoms with Crippen LogP contribution >= 0.6 is 0 Å². The highest BCUT2D eigenvalue weighted by Crippen LogP contribution is 2.23. The smallest absolute Gasteiger partial charge is 0.206 e. The topological polar surface area (TPSA) is 41.3 Å². The van der Waals surface area contributed by atoms with Crippen molar-refractivity contribution in [3.05, 3.63) is 24.3 Å². The van der Waals surface area contributed by atoms with Crippen molar-refractivity contribution in [3.8, 4) is 0 Å². The number of aliphatic hydroxyl groups is 1. The summed E-state index contributed by atoms with van der Waals surface area (Å²) in [5.41, 5.74) is 2.16. The first kappa shape index (κ1) is 10.6. The number of imidazole rings is 1. The average molecular weight is 231 g/mol. The summed E-state index contributed by atoms with van der Waals surface area (Å²) in [4.78, 5) is 6.82. The van der Waals surface area contributed by atoms with Gasteiger partial charge in [0.2, 0.25) is 5.95 Å². The van der Waals surface area contributed by atoms with E-state index in [0.29, 0.717) is 6.54 Å². The zero-order chi connectivity index (χ0) is 11.8. The predicted octanol–water partition coefficient (Wildman–Crippen LogP) is 1.53. The Morgan fingerprint density at radius 2 is 2.18 bits per heavy atom. The molecule has 17 heavy (non-hydrogen) atoms.